The largest absolute Gasteiger partial charge is 0.396 e. The maximum absolute atomic E-state index is 12.9. The molecular formula is C9H13FN2O. The van der Waals surface area contributed by atoms with Gasteiger partial charge in [0.15, 0.2) is 0 Å². The molecule has 0 aliphatic rings. The third-order valence-corrected chi connectivity index (χ3v) is 1.64. The van der Waals surface area contributed by atoms with Crippen LogP contribution in [0.5, 0.6) is 0 Å². The summed E-state index contributed by atoms with van der Waals surface area (Å²) in [6.07, 6.45) is 0. The van der Waals surface area contributed by atoms with Crippen molar-refractivity contribution in [3.63, 3.8) is 0 Å². The van der Waals surface area contributed by atoms with Gasteiger partial charge >= 0.3 is 0 Å². The first-order chi connectivity index (χ1) is 6.24. The lowest BCUT2D eigenvalue weighted by atomic mass is 10.2. The van der Waals surface area contributed by atoms with Crippen LogP contribution < -0.4 is 11.1 Å². The van der Waals surface area contributed by atoms with Gasteiger partial charge in [0.1, 0.15) is 5.82 Å². The van der Waals surface area contributed by atoms with Gasteiger partial charge < -0.3 is 15.8 Å². The third kappa shape index (κ3) is 2.91. The molecule has 1 aromatic rings. The van der Waals surface area contributed by atoms with Gasteiger partial charge in [0.2, 0.25) is 0 Å². The molecule has 0 amide bonds. The Bertz CT molecular complexity index is 278. The fourth-order valence-corrected chi connectivity index (χ4v) is 0.935. The summed E-state index contributed by atoms with van der Waals surface area (Å²) >= 11 is 0. The fourth-order valence-electron chi connectivity index (χ4n) is 0.935. The Morgan fingerprint density at radius 1 is 1.54 bits per heavy atom. The van der Waals surface area contributed by atoms with Gasteiger partial charge in [0.25, 0.3) is 0 Å². The number of rotatable bonds is 4. The summed E-state index contributed by atoms with van der Waals surface area (Å²) in [6, 6.07) is 4.63. The molecule has 0 saturated heterocycles. The number of nitrogens with two attached hydrogens (primary N) is 1. The van der Waals surface area contributed by atoms with E-state index in [1.54, 1.807) is 13.2 Å². The summed E-state index contributed by atoms with van der Waals surface area (Å²) in [6.45, 7) is 1.24. The second-order valence-electron chi connectivity index (χ2n) is 2.66. The van der Waals surface area contributed by atoms with E-state index < -0.39 is 5.82 Å². The monoisotopic (exact) mass is 184 g/mol. The van der Waals surface area contributed by atoms with Crippen LogP contribution in [0.1, 0.15) is 0 Å². The molecule has 0 fully saturated rings. The van der Waals surface area contributed by atoms with Crippen molar-refractivity contribution in [3.8, 4) is 0 Å². The lowest BCUT2D eigenvalue weighted by Crippen LogP contribution is -2.07. The van der Waals surface area contributed by atoms with Crippen molar-refractivity contribution in [2.24, 2.45) is 0 Å². The zero-order chi connectivity index (χ0) is 9.68. The van der Waals surface area contributed by atoms with Crippen molar-refractivity contribution >= 4 is 11.4 Å². The molecule has 1 aromatic carbocycles. The highest BCUT2D eigenvalue weighted by Crippen LogP contribution is 2.15. The molecule has 0 unspecified atom stereocenters. The van der Waals surface area contributed by atoms with Crippen LogP contribution in [0.15, 0.2) is 18.2 Å². The van der Waals surface area contributed by atoms with Crippen LogP contribution in [0.4, 0.5) is 15.8 Å². The van der Waals surface area contributed by atoms with E-state index in [0.29, 0.717) is 18.8 Å². The van der Waals surface area contributed by atoms with Gasteiger partial charge in [0.05, 0.1) is 12.3 Å². The molecule has 3 N–H and O–H groups in total. The molecule has 0 atom stereocenters. The molecule has 13 heavy (non-hydrogen) atoms. The number of halogens is 1. The predicted octanol–water partition coefficient (Wildman–Crippen LogP) is 1.47. The van der Waals surface area contributed by atoms with E-state index in [4.69, 9.17) is 10.5 Å². The van der Waals surface area contributed by atoms with E-state index in [0.717, 1.165) is 0 Å². The fraction of sp³-hybridized carbons (Fsp3) is 0.333. The Labute approximate surface area is 76.7 Å². The average Bonchev–Trinajstić information content (AvgIpc) is 2.12. The Hall–Kier alpha value is -1.29. The number of nitrogen functional groups attached to an aromatic ring is 1. The Kier molecular flexibility index (Phi) is 3.52. The number of hydrogen-bond donors (Lipinski definition) is 2. The van der Waals surface area contributed by atoms with Crippen molar-refractivity contribution in [2.45, 2.75) is 0 Å². The van der Waals surface area contributed by atoms with Gasteiger partial charge in [-0.05, 0) is 18.2 Å². The van der Waals surface area contributed by atoms with E-state index in [1.165, 1.54) is 12.1 Å². The Balaban J connectivity index is 2.53. The number of benzene rings is 1. The van der Waals surface area contributed by atoms with Crippen molar-refractivity contribution in [2.75, 3.05) is 31.3 Å². The molecule has 4 heteroatoms. The Morgan fingerprint density at radius 2 is 2.31 bits per heavy atom. The molecule has 0 aliphatic heterocycles. The van der Waals surface area contributed by atoms with Crippen LogP contribution in [0.25, 0.3) is 0 Å². The molecule has 0 bridgehead atoms. The first-order valence-corrected chi connectivity index (χ1v) is 4.02. The summed E-state index contributed by atoms with van der Waals surface area (Å²) in [4.78, 5) is 0. The lowest BCUT2D eigenvalue weighted by molar-refractivity contribution is 0.211. The van der Waals surface area contributed by atoms with Crippen molar-refractivity contribution in [3.05, 3.63) is 24.0 Å². The minimum absolute atomic E-state index is 0.164. The van der Waals surface area contributed by atoms with Gasteiger partial charge in [-0.25, -0.2) is 4.39 Å². The van der Waals surface area contributed by atoms with Crippen LogP contribution in [0.2, 0.25) is 0 Å². The number of ether oxygens (including phenoxy) is 1. The quantitative estimate of drug-likeness (QED) is 0.550. The molecule has 0 aromatic heterocycles. The highest BCUT2D eigenvalue weighted by Gasteiger charge is 1.98. The zero-order valence-electron chi connectivity index (χ0n) is 7.51. The molecular weight excluding hydrogens is 171 g/mol. The molecule has 0 spiro atoms. The van der Waals surface area contributed by atoms with Gasteiger partial charge in [0, 0.05) is 19.3 Å². The molecule has 1 rings (SSSR count). The molecule has 0 saturated carbocycles. The van der Waals surface area contributed by atoms with E-state index in [2.05, 4.69) is 5.32 Å². The maximum atomic E-state index is 12.9. The van der Waals surface area contributed by atoms with Crippen LogP contribution in [0, 0.1) is 5.82 Å². The highest BCUT2D eigenvalue weighted by molar-refractivity contribution is 5.52. The lowest BCUT2D eigenvalue weighted by Gasteiger charge is -2.06. The minimum Gasteiger partial charge on any atom is -0.396 e. The normalized spacial score (nSPS) is 10.0. The van der Waals surface area contributed by atoms with Crippen molar-refractivity contribution < 1.29 is 9.13 Å². The van der Waals surface area contributed by atoms with Crippen LogP contribution in [-0.4, -0.2) is 20.3 Å². The molecule has 3 nitrogen and oxygen atoms in total. The average molecular weight is 184 g/mol. The van der Waals surface area contributed by atoms with Crippen LogP contribution in [0.3, 0.4) is 0 Å². The van der Waals surface area contributed by atoms with E-state index in [-0.39, 0.29) is 5.69 Å². The zero-order valence-corrected chi connectivity index (χ0v) is 7.51. The number of anilines is 2. The summed E-state index contributed by atoms with van der Waals surface area (Å²) in [7, 11) is 1.62. The summed E-state index contributed by atoms with van der Waals surface area (Å²) in [5.41, 5.74) is 6.19. The maximum Gasteiger partial charge on any atom is 0.148 e. The number of nitrogens with one attached hydrogen (secondary N) is 1. The minimum atomic E-state index is -0.401. The highest BCUT2D eigenvalue weighted by atomic mass is 19.1. The van der Waals surface area contributed by atoms with Crippen molar-refractivity contribution in [1.29, 1.82) is 0 Å². The van der Waals surface area contributed by atoms with Gasteiger partial charge in [-0.15, -0.1) is 0 Å². The van der Waals surface area contributed by atoms with Gasteiger partial charge in [-0.3, -0.25) is 0 Å². The van der Waals surface area contributed by atoms with Crippen LogP contribution in [-0.2, 0) is 4.74 Å². The second kappa shape index (κ2) is 4.67. The third-order valence-electron chi connectivity index (χ3n) is 1.64. The molecule has 0 heterocycles. The van der Waals surface area contributed by atoms with E-state index in [9.17, 15) is 4.39 Å². The number of hydrogen-bond acceptors (Lipinski definition) is 3. The Morgan fingerprint density at radius 3 is 2.92 bits per heavy atom. The SMILES string of the molecule is COCCNc1ccc(N)c(F)c1. The molecule has 72 valence electrons. The molecule has 0 radical (unpaired) electrons. The predicted molar refractivity (Wildman–Crippen MR) is 51.2 cm³/mol. The first kappa shape index (κ1) is 9.80. The topological polar surface area (TPSA) is 47.3 Å². The summed E-state index contributed by atoms with van der Waals surface area (Å²) in [5, 5.41) is 2.99. The van der Waals surface area contributed by atoms with E-state index >= 15 is 0 Å². The second-order valence-corrected chi connectivity index (χ2v) is 2.66. The van der Waals surface area contributed by atoms with Crippen molar-refractivity contribution in [1.82, 2.24) is 0 Å². The van der Waals surface area contributed by atoms with Gasteiger partial charge in [-0.2, -0.15) is 0 Å². The molecule has 0 aliphatic carbocycles. The smallest absolute Gasteiger partial charge is 0.148 e. The standard InChI is InChI=1S/C9H13FN2O/c1-13-5-4-12-7-2-3-9(11)8(10)6-7/h2-3,6,12H,4-5,11H2,1H3. The summed E-state index contributed by atoms with van der Waals surface area (Å²) < 4.78 is 17.7. The summed E-state index contributed by atoms with van der Waals surface area (Å²) in [5.74, 6) is -0.401. The first-order valence-electron chi connectivity index (χ1n) is 4.02. The number of methoxy groups -OCH3 is 1. The van der Waals surface area contributed by atoms with Crippen LogP contribution >= 0.6 is 0 Å². The van der Waals surface area contributed by atoms with E-state index in [1.807, 2.05) is 0 Å². The van der Waals surface area contributed by atoms with Gasteiger partial charge in [-0.1, -0.05) is 0 Å².